The summed E-state index contributed by atoms with van der Waals surface area (Å²) >= 11 is 0. The van der Waals surface area contributed by atoms with Crippen LogP contribution in [0.4, 0.5) is 20.6 Å². The first-order valence-corrected chi connectivity index (χ1v) is 9.30. The lowest BCUT2D eigenvalue weighted by molar-refractivity contribution is 0.249. The third kappa shape index (κ3) is 4.57. The van der Waals surface area contributed by atoms with E-state index in [1.165, 1.54) is 6.07 Å². The Morgan fingerprint density at radius 1 is 1.39 bits per heavy atom. The lowest BCUT2D eigenvalue weighted by atomic mass is 10.2. The van der Waals surface area contributed by atoms with E-state index in [2.05, 4.69) is 10.6 Å². The smallest absolute Gasteiger partial charge is 0.319 e. The Bertz CT molecular complexity index is 691. The van der Waals surface area contributed by atoms with E-state index >= 15 is 0 Å². The van der Waals surface area contributed by atoms with E-state index < -0.39 is 27.7 Å². The number of hydrogen-bond donors (Lipinski definition) is 2. The molecule has 0 aromatic heterocycles. The third-order valence-electron chi connectivity index (χ3n) is 3.93. The Kier molecular flexibility index (Phi) is 5.13. The summed E-state index contributed by atoms with van der Waals surface area (Å²) in [5, 5.41) is 5.12. The Hall–Kier alpha value is -1.83. The van der Waals surface area contributed by atoms with Crippen LogP contribution >= 0.6 is 0 Å². The summed E-state index contributed by atoms with van der Waals surface area (Å²) in [4.78, 5) is 13.7. The van der Waals surface area contributed by atoms with E-state index in [0.29, 0.717) is 17.8 Å². The van der Waals surface area contributed by atoms with Gasteiger partial charge in [-0.2, -0.15) is 0 Å². The number of hydrogen-bond acceptors (Lipinski definition) is 4. The number of rotatable bonds is 4. The molecule has 1 saturated heterocycles. The minimum Gasteiger partial charge on any atom is -0.370 e. The molecule has 1 fully saturated rings. The molecule has 6 nitrogen and oxygen atoms in total. The Labute approximate surface area is 136 Å². The monoisotopic (exact) mass is 343 g/mol. The van der Waals surface area contributed by atoms with Gasteiger partial charge in [0.1, 0.15) is 5.82 Å². The van der Waals surface area contributed by atoms with E-state index in [-0.39, 0.29) is 17.5 Å². The number of halogens is 1. The summed E-state index contributed by atoms with van der Waals surface area (Å²) in [6.45, 7) is 3.91. The molecule has 2 rings (SSSR count). The molecule has 0 aliphatic carbocycles. The predicted octanol–water partition coefficient (Wildman–Crippen LogP) is 1.98. The Morgan fingerprint density at radius 3 is 2.61 bits per heavy atom. The number of carbonyl (C=O) groups excluding carboxylic acids is 1. The zero-order chi connectivity index (χ0) is 17.2. The largest absolute Gasteiger partial charge is 0.370 e. The first-order valence-electron chi connectivity index (χ1n) is 7.48. The lowest BCUT2D eigenvalue weighted by Gasteiger charge is -2.24. The molecule has 0 spiro atoms. The van der Waals surface area contributed by atoms with Gasteiger partial charge < -0.3 is 15.5 Å². The fraction of sp³-hybridized carbons (Fsp3) is 0.533. The van der Waals surface area contributed by atoms with Gasteiger partial charge in [-0.25, -0.2) is 17.6 Å². The van der Waals surface area contributed by atoms with Gasteiger partial charge in [0.25, 0.3) is 0 Å². The molecule has 128 valence electrons. The number of carbonyl (C=O) groups is 1. The molecule has 2 N–H and O–H groups in total. The second-order valence-corrected chi connectivity index (χ2v) is 8.30. The molecule has 2 amide bonds. The average molecular weight is 343 g/mol. The van der Waals surface area contributed by atoms with Crippen LogP contribution in [-0.2, 0) is 9.84 Å². The second kappa shape index (κ2) is 6.74. The van der Waals surface area contributed by atoms with Crippen LogP contribution in [0.5, 0.6) is 0 Å². The van der Waals surface area contributed by atoms with Crippen molar-refractivity contribution in [3.05, 3.63) is 24.0 Å². The molecule has 8 heteroatoms. The number of nitrogens with one attached hydrogen (secondary N) is 2. The molecule has 1 atom stereocenters. The summed E-state index contributed by atoms with van der Waals surface area (Å²) in [5.41, 5.74) is 0.773. The fourth-order valence-electron chi connectivity index (χ4n) is 2.41. The van der Waals surface area contributed by atoms with Crippen molar-refractivity contribution >= 4 is 27.2 Å². The van der Waals surface area contributed by atoms with Crippen molar-refractivity contribution in [3.8, 4) is 0 Å². The molecular weight excluding hydrogens is 321 g/mol. The molecule has 0 radical (unpaired) electrons. The number of benzene rings is 1. The minimum atomic E-state index is -3.05. The van der Waals surface area contributed by atoms with Gasteiger partial charge in [-0.3, -0.25) is 0 Å². The summed E-state index contributed by atoms with van der Waals surface area (Å²) in [6.07, 6.45) is 0.405. The van der Waals surface area contributed by atoms with E-state index in [4.69, 9.17) is 0 Å². The van der Waals surface area contributed by atoms with Crippen LogP contribution < -0.4 is 15.5 Å². The van der Waals surface area contributed by atoms with Gasteiger partial charge in [-0.1, -0.05) is 0 Å². The highest BCUT2D eigenvalue weighted by molar-refractivity contribution is 7.91. The molecule has 1 aromatic rings. The molecule has 0 saturated carbocycles. The SMILES string of the molecule is CC(C)N(C)c1ccc(NC(=O)NC2CCS(=O)(=O)C2)cc1F. The van der Waals surface area contributed by atoms with E-state index in [1.807, 2.05) is 13.8 Å². The van der Waals surface area contributed by atoms with Crippen LogP contribution in [0.1, 0.15) is 20.3 Å². The van der Waals surface area contributed by atoms with Gasteiger partial charge in [0.05, 0.1) is 17.2 Å². The topological polar surface area (TPSA) is 78.5 Å². The normalized spacial score (nSPS) is 19.6. The molecule has 1 aromatic carbocycles. The van der Waals surface area contributed by atoms with E-state index in [9.17, 15) is 17.6 Å². The zero-order valence-corrected chi connectivity index (χ0v) is 14.3. The maximum absolute atomic E-state index is 14.1. The maximum Gasteiger partial charge on any atom is 0.319 e. The molecule has 1 aliphatic rings. The van der Waals surface area contributed by atoms with Crippen LogP contribution in [0.2, 0.25) is 0 Å². The first kappa shape index (κ1) is 17.5. The van der Waals surface area contributed by atoms with Gasteiger partial charge in [0, 0.05) is 24.8 Å². The number of sulfone groups is 1. The van der Waals surface area contributed by atoms with Gasteiger partial charge in [-0.05, 0) is 38.5 Å². The summed E-state index contributed by atoms with van der Waals surface area (Å²) in [6, 6.07) is 3.69. The highest BCUT2D eigenvalue weighted by atomic mass is 32.2. The highest BCUT2D eigenvalue weighted by Gasteiger charge is 2.28. The quantitative estimate of drug-likeness (QED) is 0.876. The summed E-state index contributed by atoms with van der Waals surface area (Å²) in [5.74, 6) is -0.391. The summed E-state index contributed by atoms with van der Waals surface area (Å²) in [7, 11) is -1.26. The number of urea groups is 1. The fourth-order valence-corrected chi connectivity index (χ4v) is 4.08. The van der Waals surface area contributed by atoms with Crippen molar-refractivity contribution in [2.45, 2.75) is 32.4 Å². The first-order chi connectivity index (χ1) is 10.7. The molecule has 1 heterocycles. The highest BCUT2D eigenvalue weighted by Crippen LogP contribution is 2.23. The number of nitrogens with zero attached hydrogens (tertiary/aromatic N) is 1. The van der Waals surface area contributed by atoms with Gasteiger partial charge in [0.2, 0.25) is 0 Å². The van der Waals surface area contributed by atoms with Crippen molar-refractivity contribution in [1.29, 1.82) is 0 Å². The van der Waals surface area contributed by atoms with E-state index in [0.717, 1.165) is 0 Å². The molecule has 23 heavy (non-hydrogen) atoms. The van der Waals surface area contributed by atoms with Crippen molar-refractivity contribution in [3.63, 3.8) is 0 Å². The van der Waals surface area contributed by atoms with Crippen LogP contribution in [0.15, 0.2) is 18.2 Å². The molecule has 1 unspecified atom stereocenters. The lowest BCUT2D eigenvalue weighted by Crippen LogP contribution is -2.38. The number of anilines is 2. The van der Waals surface area contributed by atoms with Gasteiger partial charge >= 0.3 is 6.03 Å². The summed E-state index contributed by atoms with van der Waals surface area (Å²) < 4.78 is 36.8. The Morgan fingerprint density at radius 2 is 2.09 bits per heavy atom. The van der Waals surface area contributed by atoms with E-state index in [1.54, 1.807) is 24.1 Å². The van der Waals surface area contributed by atoms with Crippen LogP contribution in [0, 0.1) is 5.82 Å². The number of amides is 2. The predicted molar refractivity (Wildman–Crippen MR) is 89.2 cm³/mol. The molecule has 0 bridgehead atoms. The standard InChI is InChI=1S/C15H22FN3O3S/c1-10(2)19(3)14-5-4-11(8-13(14)16)17-15(20)18-12-6-7-23(21,22)9-12/h4-5,8,10,12H,6-7,9H2,1-3H3,(H2,17,18,20). The van der Waals surface area contributed by atoms with Crippen LogP contribution in [0.3, 0.4) is 0 Å². The van der Waals surface area contributed by atoms with Gasteiger partial charge in [0.15, 0.2) is 9.84 Å². The molecule has 1 aliphatic heterocycles. The Balaban J connectivity index is 1.98. The van der Waals surface area contributed by atoms with Crippen molar-refractivity contribution in [2.75, 3.05) is 28.8 Å². The van der Waals surface area contributed by atoms with Crippen molar-refractivity contribution < 1.29 is 17.6 Å². The van der Waals surface area contributed by atoms with Crippen molar-refractivity contribution in [2.24, 2.45) is 0 Å². The average Bonchev–Trinajstić information content (AvgIpc) is 2.77. The van der Waals surface area contributed by atoms with Crippen molar-refractivity contribution in [1.82, 2.24) is 5.32 Å². The van der Waals surface area contributed by atoms with Crippen LogP contribution in [0.25, 0.3) is 0 Å². The minimum absolute atomic E-state index is 0.0487. The second-order valence-electron chi connectivity index (χ2n) is 6.07. The third-order valence-corrected chi connectivity index (χ3v) is 5.70. The zero-order valence-electron chi connectivity index (χ0n) is 13.5. The van der Waals surface area contributed by atoms with Crippen LogP contribution in [-0.4, -0.2) is 45.1 Å². The van der Waals surface area contributed by atoms with Gasteiger partial charge in [-0.15, -0.1) is 0 Å². The maximum atomic E-state index is 14.1. The molecular formula is C15H22FN3O3S.